The van der Waals surface area contributed by atoms with Gasteiger partial charge >= 0.3 is 5.97 Å². The van der Waals surface area contributed by atoms with Crippen LogP contribution in [0.5, 0.6) is 0 Å². The molecule has 5 heteroatoms. The number of carbonyl (C=O) groups excluding carboxylic acids is 1. The third-order valence-corrected chi connectivity index (χ3v) is 3.40. The van der Waals surface area contributed by atoms with Crippen molar-refractivity contribution in [2.24, 2.45) is 5.10 Å². The third-order valence-electron chi connectivity index (χ3n) is 3.40. The second kappa shape index (κ2) is 4.64. The molecule has 2 aliphatic rings. The first-order valence-corrected chi connectivity index (χ1v) is 6.32. The molecule has 2 aliphatic heterocycles. The lowest BCUT2D eigenvalue weighted by molar-refractivity contribution is -0.135. The van der Waals surface area contributed by atoms with Gasteiger partial charge in [0.05, 0.1) is 18.2 Å². The molecule has 96 valence electrons. The van der Waals surface area contributed by atoms with Gasteiger partial charge in [0.2, 0.25) is 0 Å². The molecule has 17 heavy (non-hydrogen) atoms. The standard InChI is InChI=1S/C12H21N3O2/c1-4-17-11(16)9-10(12(2,3)14-13-9)15-7-5-6-8-15/h10,14H,4-8H2,1-3H3. The highest BCUT2D eigenvalue weighted by atomic mass is 16.5. The highest BCUT2D eigenvalue weighted by Crippen LogP contribution is 2.26. The molecule has 1 atom stereocenters. The Kier molecular flexibility index (Phi) is 3.38. The molecular formula is C12H21N3O2. The van der Waals surface area contributed by atoms with Crippen LogP contribution >= 0.6 is 0 Å². The number of nitrogens with zero attached hydrogens (tertiary/aromatic N) is 2. The van der Waals surface area contributed by atoms with E-state index in [9.17, 15) is 4.79 Å². The summed E-state index contributed by atoms with van der Waals surface area (Å²) in [5.74, 6) is -0.289. The summed E-state index contributed by atoms with van der Waals surface area (Å²) in [4.78, 5) is 14.2. The van der Waals surface area contributed by atoms with Crippen LogP contribution in [0.3, 0.4) is 0 Å². The summed E-state index contributed by atoms with van der Waals surface area (Å²) >= 11 is 0. The third kappa shape index (κ3) is 2.29. The molecule has 0 aromatic rings. The molecule has 1 saturated heterocycles. The van der Waals surface area contributed by atoms with Gasteiger partial charge < -0.3 is 10.2 Å². The number of likely N-dealkylation sites (tertiary alicyclic amines) is 1. The molecule has 1 unspecified atom stereocenters. The first kappa shape index (κ1) is 12.4. The minimum atomic E-state index is -0.289. The van der Waals surface area contributed by atoms with E-state index in [1.807, 2.05) is 6.92 Å². The number of ether oxygens (including phenoxy) is 1. The predicted molar refractivity (Wildman–Crippen MR) is 65.9 cm³/mol. The molecule has 2 rings (SSSR count). The van der Waals surface area contributed by atoms with Crippen LogP contribution in [0.4, 0.5) is 0 Å². The summed E-state index contributed by atoms with van der Waals surface area (Å²) in [5.41, 5.74) is 3.38. The molecule has 0 aromatic heterocycles. The van der Waals surface area contributed by atoms with Crippen LogP contribution < -0.4 is 5.43 Å². The lowest BCUT2D eigenvalue weighted by Crippen LogP contribution is -2.55. The quantitative estimate of drug-likeness (QED) is 0.738. The van der Waals surface area contributed by atoms with Gasteiger partial charge in [-0.05, 0) is 46.7 Å². The fourth-order valence-corrected chi connectivity index (χ4v) is 2.66. The van der Waals surface area contributed by atoms with Crippen molar-refractivity contribution >= 4 is 11.7 Å². The lowest BCUT2D eigenvalue weighted by atomic mass is 9.91. The van der Waals surface area contributed by atoms with Crippen molar-refractivity contribution < 1.29 is 9.53 Å². The normalized spacial score (nSPS) is 27.7. The van der Waals surface area contributed by atoms with Crippen LogP contribution in [-0.4, -0.2) is 47.9 Å². The van der Waals surface area contributed by atoms with E-state index in [1.54, 1.807) is 0 Å². The van der Waals surface area contributed by atoms with Gasteiger partial charge in [-0.15, -0.1) is 0 Å². The van der Waals surface area contributed by atoms with Gasteiger partial charge in [0.15, 0.2) is 5.71 Å². The van der Waals surface area contributed by atoms with Gasteiger partial charge in [-0.2, -0.15) is 5.10 Å². The van der Waals surface area contributed by atoms with E-state index < -0.39 is 0 Å². The molecule has 0 saturated carbocycles. The molecular weight excluding hydrogens is 218 g/mol. The van der Waals surface area contributed by atoms with Crippen molar-refractivity contribution in [3.8, 4) is 0 Å². The summed E-state index contributed by atoms with van der Waals surface area (Å²) in [7, 11) is 0. The van der Waals surface area contributed by atoms with Gasteiger partial charge in [-0.1, -0.05) is 0 Å². The first-order chi connectivity index (χ1) is 8.06. The van der Waals surface area contributed by atoms with Crippen molar-refractivity contribution in [1.29, 1.82) is 0 Å². The zero-order chi connectivity index (χ0) is 12.5. The maximum atomic E-state index is 11.9. The van der Waals surface area contributed by atoms with E-state index in [4.69, 9.17) is 4.74 Å². The molecule has 5 nitrogen and oxygen atoms in total. The minimum absolute atomic E-state index is 0.0315. The van der Waals surface area contributed by atoms with Crippen LogP contribution in [0.1, 0.15) is 33.6 Å². The Morgan fingerprint density at radius 1 is 1.53 bits per heavy atom. The fourth-order valence-electron chi connectivity index (χ4n) is 2.66. The Hall–Kier alpha value is -1.10. The summed E-state index contributed by atoms with van der Waals surface area (Å²) in [6.07, 6.45) is 2.39. The molecule has 0 radical (unpaired) electrons. The van der Waals surface area contributed by atoms with Gasteiger partial charge in [0.25, 0.3) is 0 Å². The average Bonchev–Trinajstić information content (AvgIpc) is 2.84. The van der Waals surface area contributed by atoms with Crippen molar-refractivity contribution in [3.63, 3.8) is 0 Å². The monoisotopic (exact) mass is 239 g/mol. The number of esters is 1. The molecule has 2 heterocycles. The van der Waals surface area contributed by atoms with Crippen molar-refractivity contribution in [2.75, 3.05) is 19.7 Å². The SMILES string of the molecule is CCOC(=O)C1=NNC(C)(C)C1N1CCCC1. The first-order valence-electron chi connectivity index (χ1n) is 6.32. The summed E-state index contributed by atoms with van der Waals surface area (Å²) in [6, 6.07) is 0.0315. The molecule has 1 fully saturated rings. The van der Waals surface area contributed by atoms with Gasteiger partial charge in [0, 0.05) is 0 Å². The predicted octanol–water partition coefficient (Wildman–Crippen LogP) is 0.752. The van der Waals surface area contributed by atoms with Crippen LogP contribution in [0.25, 0.3) is 0 Å². The number of carbonyl (C=O) groups is 1. The van der Waals surface area contributed by atoms with Crippen molar-refractivity contribution in [2.45, 2.75) is 45.2 Å². The smallest absolute Gasteiger partial charge is 0.356 e. The van der Waals surface area contributed by atoms with Crippen LogP contribution in [0.2, 0.25) is 0 Å². The van der Waals surface area contributed by atoms with Crippen molar-refractivity contribution in [1.82, 2.24) is 10.3 Å². The Balaban J connectivity index is 2.17. The second-order valence-electron chi connectivity index (χ2n) is 5.20. The van der Waals surface area contributed by atoms with Gasteiger partial charge in [-0.25, -0.2) is 4.79 Å². The van der Waals surface area contributed by atoms with Crippen LogP contribution in [-0.2, 0) is 9.53 Å². The summed E-state index contributed by atoms with van der Waals surface area (Å²) in [6.45, 7) is 8.43. The van der Waals surface area contributed by atoms with Crippen LogP contribution in [0.15, 0.2) is 5.10 Å². The van der Waals surface area contributed by atoms with E-state index in [0.29, 0.717) is 12.3 Å². The number of hydrazone groups is 1. The van der Waals surface area contributed by atoms with E-state index in [0.717, 1.165) is 13.1 Å². The molecule has 0 spiro atoms. The van der Waals surface area contributed by atoms with E-state index in [-0.39, 0.29) is 17.6 Å². The Bertz CT molecular complexity index is 333. The molecule has 1 N–H and O–H groups in total. The maximum absolute atomic E-state index is 11.9. The maximum Gasteiger partial charge on any atom is 0.356 e. The zero-order valence-corrected chi connectivity index (χ0v) is 10.8. The fraction of sp³-hybridized carbons (Fsp3) is 0.833. The lowest BCUT2D eigenvalue weighted by Gasteiger charge is -2.34. The minimum Gasteiger partial charge on any atom is -0.461 e. The zero-order valence-electron chi connectivity index (χ0n) is 10.8. The Morgan fingerprint density at radius 3 is 2.76 bits per heavy atom. The Labute approximate surface area is 102 Å². The highest BCUT2D eigenvalue weighted by molar-refractivity contribution is 6.39. The molecule has 0 aromatic carbocycles. The number of hydrogen-bond donors (Lipinski definition) is 1. The van der Waals surface area contributed by atoms with Crippen molar-refractivity contribution in [3.05, 3.63) is 0 Å². The number of hydrogen-bond acceptors (Lipinski definition) is 5. The molecule has 0 bridgehead atoms. The average molecular weight is 239 g/mol. The molecule has 0 amide bonds. The van der Waals surface area contributed by atoms with E-state index in [1.165, 1.54) is 12.8 Å². The highest BCUT2D eigenvalue weighted by Gasteiger charge is 2.46. The summed E-state index contributed by atoms with van der Waals surface area (Å²) < 4.78 is 5.07. The Morgan fingerprint density at radius 2 is 2.18 bits per heavy atom. The number of rotatable bonds is 3. The van der Waals surface area contributed by atoms with Gasteiger partial charge in [-0.3, -0.25) is 4.90 Å². The summed E-state index contributed by atoms with van der Waals surface area (Å²) in [5, 5.41) is 4.18. The molecule has 0 aliphatic carbocycles. The van der Waals surface area contributed by atoms with E-state index >= 15 is 0 Å². The largest absolute Gasteiger partial charge is 0.461 e. The van der Waals surface area contributed by atoms with E-state index in [2.05, 4.69) is 29.3 Å². The number of nitrogens with one attached hydrogen (secondary N) is 1. The van der Waals surface area contributed by atoms with Crippen LogP contribution in [0, 0.1) is 0 Å². The second-order valence-corrected chi connectivity index (χ2v) is 5.20. The van der Waals surface area contributed by atoms with Gasteiger partial charge in [0.1, 0.15) is 0 Å². The topological polar surface area (TPSA) is 53.9 Å².